The van der Waals surface area contributed by atoms with Gasteiger partial charge in [0.05, 0.1) is 0 Å². The Balaban J connectivity index is 2.03. The summed E-state index contributed by atoms with van der Waals surface area (Å²) in [4.78, 5) is 0. The molecule has 0 aliphatic heterocycles. The largest absolute Gasteiger partial charge is 0.350 e. The van der Waals surface area contributed by atoms with Gasteiger partial charge < -0.3 is 10.3 Å². The molecule has 2 nitrogen and oxygen atoms in total. The van der Waals surface area contributed by atoms with Crippen LogP contribution in [0.3, 0.4) is 0 Å². The van der Waals surface area contributed by atoms with E-state index in [2.05, 4.69) is 23.0 Å². The lowest BCUT2D eigenvalue weighted by Crippen LogP contribution is -2.17. The second kappa shape index (κ2) is 5.39. The molecule has 0 fully saturated rings. The van der Waals surface area contributed by atoms with E-state index in [1.165, 1.54) is 11.1 Å². The molecule has 0 amide bonds. The molecule has 0 aliphatic rings. The van der Waals surface area contributed by atoms with Gasteiger partial charge in [-0.2, -0.15) is 0 Å². The maximum Gasteiger partial charge on any atom is 0.0470 e. The van der Waals surface area contributed by atoms with Gasteiger partial charge in [0.15, 0.2) is 0 Å². The van der Waals surface area contributed by atoms with Crippen LogP contribution in [0, 0.1) is 0 Å². The van der Waals surface area contributed by atoms with Crippen LogP contribution < -0.4 is 5.73 Å². The van der Waals surface area contributed by atoms with Crippen molar-refractivity contribution >= 4 is 11.6 Å². The van der Waals surface area contributed by atoms with Crippen molar-refractivity contribution in [3.63, 3.8) is 0 Å². The molecule has 1 aromatic carbocycles. The van der Waals surface area contributed by atoms with Crippen molar-refractivity contribution in [2.45, 2.75) is 25.9 Å². The summed E-state index contributed by atoms with van der Waals surface area (Å²) in [7, 11) is 0. The molecule has 1 unspecified atom stereocenters. The van der Waals surface area contributed by atoms with Crippen LogP contribution in [0.25, 0.3) is 0 Å². The van der Waals surface area contributed by atoms with Gasteiger partial charge in [-0.05, 0) is 42.7 Å². The lowest BCUT2D eigenvalue weighted by molar-refractivity contribution is 0.732. The van der Waals surface area contributed by atoms with Crippen LogP contribution in [0.15, 0.2) is 42.7 Å². The predicted octanol–water partition coefficient (Wildman–Crippen LogP) is 3.08. The number of rotatable bonds is 4. The van der Waals surface area contributed by atoms with Gasteiger partial charge in [0.1, 0.15) is 0 Å². The first-order valence-electron chi connectivity index (χ1n) is 5.78. The number of nitrogens with zero attached hydrogens (tertiary/aromatic N) is 1. The van der Waals surface area contributed by atoms with Crippen LogP contribution in [-0.4, -0.2) is 10.6 Å². The van der Waals surface area contributed by atoms with Crippen LogP contribution in [-0.2, 0) is 13.0 Å². The molecule has 1 atom stereocenters. The summed E-state index contributed by atoms with van der Waals surface area (Å²) in [6.45, 7) is 2.90. The topological polar surface area (TPSA) is 30.9 Å². The zero-order chi connectivity index (χ0) is 12.3. The summed E-state index contributed by atoms with van der Waals surface area (Å²) >= 11 is 5.86. The van der Waals surface area contributed by atoms with E-state index in [-0.39, 0.29) is 6.04 Å². The molecule has 0 spiro atoms. The second-order valence-electron chi connectivity index (χ2n) is 4.50. The number of benzene rings is 1. The molecule has 0 aliphatic carbocycles. The predicted molar refractivity (Wildman–Crippen MR) is 72.3 cm³/mol. The minimum absolute atomic E-state index is 0.210. The van der Waals surface area contributed by atoms with E-state index in [4.69, 9.17) is 17.3 Å². The van der Waals surface area contributed by atoms with Crippen molar-refractivity contribution in [1.82, 2.24) is 4.57 Å². The standard InChI is InChI=1S/C14H17ClN2/c1-11(16)8-13-6-7-17(10-13)9-12-2-4-14(15)5-3-12/h2-7,10-11H,8-9,16H2,1H3. The summed E-state index contributed by atoms with van der Waals surface area (Å²) in [5, 5.41) is 0.777. The first-order chi connectivity index (χ1) is 8.13. The zero-order valence-electron chi connectivity index (χ0n) is 9.94. The first-order valence-corrected chi connectivity index (χ1v) is 6.16. The summed E-state index contributed by atoms with van der Waals surface area (Å²) in [6.07, 6.45) is 5.16. The fourth-order valence-corrected chi connectivity index (χ4v) is 2.01. The molecule has 0 radical (unpaired) electrons. The lowest BCUT2D eigenvalue weighted by Gasteiger charge is -2.04. The molecule has 0 saturated heterocycles. The Morgan fingerprint density at radius 3 is 2.53 bits per heavy atom. The Bertz CT molecular complexity index is 471. The molecule has 2 N–H and O–H groups in total. The van der Waals surface area contributed by atoms with Crippen LogP contribution in [0.1, 0.15) is 18.1 Å². The lowest BCUT2D eigenvalue weighted by atomic mass is 10.1. The average Bonchev–Trinajstić information content (AvgIpc) is 2.68. The zero-order valence-corrected chi connectivity index (χ0v) is 10.7. The number of hydrogen-bond acceptors (Lipinski definition) is 1. The van der Waals surface area contributed by atoms with Gasteiger partial charge in [0.25, 0.3) is 0 Å². The van der Waals surface area contributed by atoms with Crippen molar-refractivity contribution in [1.29, 1.82) is 0 Å². The number of hydrogen-bond donors (Lipinski definition) is 1. The van der Waals surface area contributed by atoms with E-state index >= 15 is 0 Å². The monoisotopic (exact) mass is 248 g/mol. The van der Waals surface area contributed by atoms with Gasteiger partial charge in [0, 0.05) is 30.0 Å². The van der Waals surface area contributed by atoms with E-state index in [1.54, 1.807) is 0 Å². The van der Waals surface area contributed by atoms with Crippen LogP contribution in [0.4, 0.5) is 0 Å². The summed E-state index contributed by atoms with van der Waals surface area (Å²) < 4.78 is 2.17. The maximum absolute atomic E-state index is 5.86. The van der Waals surface area contributed by atoms with Crippen LogP contribution >= 0.6 is 11.6 Å². The molecule has 17 heavy (non-hydrogen) atoms. The van der Waals surface area contributed by atoms with Crippen molar-refractivity contribution in [3.8, 4) is 0 Å². The van der Waals surface area contributed by atoms with Crippen molar-refractivity contribution in [2.75, 3.05) is 0 Å². The van der Waals surface area contributed by atoms with Gasteiger partial charge in [-0.1, -0.05) is 23.7 Å². The summed E-state index contributed by atoms with van der Waals surface area (Å²) in [5.41, 5.74) is 8.31. The quantitative estimate of drug-likeness (QED) is 0.886. The molecule has 2 rings (SSSR count). The number of nitrogens with two attached hydrogens (primary N) is 1. The fourth-order valence-electron chi connectivity index (χ4n) is 1.88. The highest BCUT2D eigenvalue weighted by Gasteiger charge is 2.01. The summed E-state index contributed by atoms with van der Waals surface area (Å²) in [5.74, 6) is 0. The highest BCUT2D eigenvalue weighted by atomic mass is 35.5. The molecule has 2 aromatic rings. The highest BCUT2D eigenvalue weighted by molar-refractivity contribution is 6.30. The van der Waals surface area contributed by atoms with E-state index in [0.717, 1.165) is 18.0 Å². The van der Waals surface area contributed by atoms with Crippen molar-refractivity contribution < 1.29 is 0 Å². The molecular formula is C14H17ClN2. The van der Waals surface area contributed by atoms with Gasteiger partial charge in [-0.25, -0.2) is 0 Å². The van der Waals surface area contributed by atoms with Gasteiger partial charge >= 0.3 is 0 Å². The molecule has 1 heterocycles. The minimum Gasteiger partial charge on any atom is -0.350 e. The minimum atomic E-state index is 0.210. The van der Waals surface area contributed by atoms with Crippen molar-refractivity contribution in [2.24, 2.45) is 5.73 Å². The third-order valence-electron chi connectivity index (χ3n) is 2.65. The molecule has 0 saturated carbocycles. The van der Waals surface area contributed by atoms with E-state index in [9.17, 15) is 0 Å². The molecule has 90 valence electrons. The van der Waals surface area contributed by atoms with E-state index in [0.29, 0.717) is 0 Å². The molecule has 3 heteroatoms. The third kappa shape index (κ3) is 3.62. The smallest absolute Gasteiger partial charge is 0.0470 e. The van der Waals surface area contributed by atoms with Gasteiger partial charge in [-0.3, -0.25) is 0 Å². The highest BCUT2D eigenvalue weighted by Crippen LogP contribution is 2.12. The number of halogens is 1. The maximum atomic E-state index is 5.86. The second-order valence-corrected chi connectivity index (χ2v) is 4.94. The summed E-state index contributed by atoms with van der Waals surface area (Å²) in [6, 6.07) is 10.3. The van der Waals surface area contributed by atoms with E-state index in [1.807, 2.05) is 31.2 Å². The molecule has 1 aromatic heterocycles. The van der Waals surface area contributed by atoms with Gasteiger partial charge in [-0.15, -0.1) is 0 Å². The Kier molecular flexibility index (Phi) is 3.87. The van der Waals surface area contributed by atoms with E-state index < -0.39 is 0 Å². The molecular weight excluding hydrogens is 232 g/mol. The fraction of sp³-hybridized carbons (Fsp3) is 0.286. The normalized spacial score (nSPS) is 12.6. The Labute approximate surface area is 107 Å². The Morgan fingerprint density at radius 1 is 1.18 bits per heavy atom. The Hall–Kier alpha value is -1.25. The van der Waals surface area contributed by atoms with Crippen molar-refractivity contribution in [3.05, 3.63) is 58.9 Å². The Morgan fingerprint density at radius 2 is 1.88 bits per heavy atom. The average molecular weight is 249 g/mol. The number of aromatic nitrogens is 1. The first kappa shape index (κ1) is 12.2. The third-order valence-corrected chi connectivity index (χ3v) is 2.90. The van der Waals surface area contributed by atoms with Gasteiger partial charge in [0.2, 0.25) is 0 Å². The van der Waals surface area contributed by atoms with Crippen LogP contribution in [0.2, 0.25) is 5.02 Å². The SMILES string of the molecule is CC(N)Cc1ccn(Cc2ccc(Cl)cc2)c1. The molecule has 0 bridgehead atoms. The van der Waals surface area contributed by atoms with Crippen LogP contribution in [0.5, 0.6) is 0 Å².